The maximum Gasteiger partial charge on any atom is 0.340 e. The van der Waals surface area contributed by atoms with Crippen molar-refractivity contribution in [1.29, 1.82) is 0 Å². The normalized spacial score (nSPS) is 11.5. The molecule has 0 aliphatic carbocycles. The van der Waals surface area contributed by atoms with Crippen molar-refractivity contribution in [2.24, 2.45) is 0 Å². The Morgan fingerprint density at radius 1 is 0.970 bits per heavy atom. The Labute approximate surface area is 194 Å². The Morgan fingerprint density at radius 2 is 1.61 bits per heavy atom. The number of aromatic nitrogens is 1. The topological polar surface area (TPSA) is 123 Å². The molecule has 0 amide bonds. The highest BCUT2D eigenvalue weighted by atomic mass is 32.2. The van der Waals surface area contributed by atoms with Gasteiger partial charge in [0.05, 0.1) is 28.3 Å². The van der Waals surface area contributed by atoms with Crippen LogP contribution in [0.3, 0.4) is 0 Å². The zero-order valence-electron chi connectivity index (χ0n) is 19.8. The van der Waals surface area contributed by atoms with Gasteiger partial charge in [-0.3, -0.25) is 4.79 Å². The fraction of sp³-hybridized carbons (Fsp3) is 0.435. The number of carbonyl (C=O) groups excluding carboxylic acids is 3. The lowest BCUT2D eigenvalue weighted by Gasteiger charge is -2.20. The summed E-state index contributed by atoms with van der Waals surface area (Å²) in [7, 11) is -3.77. The van der Waals surface area contributed by atoms with E-state index in [1.54, 1.807) is 41.5 Å². The minimum Gasteiger partial charge on any atom is -0.462 e. The molecular formula is C23H30N2O7S. The molecule has 2 rings (SSSR count). The maximum absolute atomic E-state index is 12.9. The number of ether oxygens (including phenoxy) is 2. The number of nitrogens with zero attached hydrogens (tertiary/aromatic N) is 1. The molecule has 0 aliphatic heterocycles. The summed E-state index contributed by atoms with van der Waals surface area (Å²) >= 11 is 0. The van der Waals surface area contributed by atoms with Gasteiger partial charge in [-0.2, -0.15) is 4.31 Å². The van der Waals surface area contributed by atoms with Gasteiger partial charge >= 0.3 is 11.9 Å². The van der Waals surface area contributed by atoms with Crippen molar-refractivity contribution >= 4 is 27.7 Å². The number of hydrogen-bond acceptors (Lipinski definition) is 7. The molecule has 0 saturated carbocycles. The van der Waals surface area contributed by atoms with Crippen LogP contribution in [-0.4, -0.2) is 61.7 Å². The van der Waals surface area contributed by atoms with E-state index in [1.807, 2.05) is 0 Å². The molecule has 0 atom stereocenters. The van der Waals surface area contributed by atoms with Gasteiger partial charge in [-0.15, -0.1) is 0 Å². The molecule has 0 unspecified atom stereocenters. The van der Waals surface area contributed by atoms with Crippen molar-refractivity contribution in [3.8, 4) is 0 Å². The maximum atomic E-state index is 12.9. The van der Waals surface area contributed by atoms with Crippen LogP contribution in [0.4, 0.5) is 0 Å². The van der Waals surface area contributed by atoms with E-state index in [0.717, 1.165) is 0 Å². The smallest absolute Gasteiger partial charge is 0.340 e. The van der Waals surface area contributed by atoms with E-state index in [9.17, 15) is 22.8 Å². The highest BCUT2D eigenvalue weighted by molar-refractivity contribution is 7.89. The second kappa shape index (κ2) is 10.8. The van der Waals surface area contributed by atoms with Crippen LogP contribution >= 0.6 is 0 Å². The summed E-state index contributed by atoms with van der Waals surface area (Å²) < 4.78 is 37.2. The third-order valence-electron chi connectivity index (χ3n) is 5.28. The van der Waals surface area contributed by atoms with Gasteiger partial charge in [0, 0.05) is 18.8 Å². The predicted molar refractivity (Wildman–Crippen MR) is 122 cm³/mol. The van der Waals surface area contributed by atoms with Crippen molar-refractivity contribution in [2.75, 3.05) is 26.3 Å². The van der Waals surface area contributed by atoms with Crippen LogP contribution in [0.25, 0.3) is 0 Å². The SMILES string of the molecule is CCOC(=O)c1c(C)[nH]c(C(=O)COC(=O)c2ccc(C)c(S(=O)(=O)N(CC)CC)c2)c1C. The number of sulfonamides is 1. The first-order valence-corrected chi connectivity index (χ1v) is 12.1. The van der Waals surface area contributed by atoms with Gasteiger partial charge < -0.3 is 14.5 Å². The highest BCUT2D eigenvalue weighted by Crippen LogP contribution is 2.23. The minimum absolute atomic E-state index is 0.0156. The average molecular weight is 479 g/mol. The molecule has 0 bridgehead atoms. The van der Waals surface area contributed by atoms with Crippen molar-refractivity contribution in [1.82, 2.24) is 9.29 Å². The number of carbonyl (C=O) groups is 3. The van der Waals surface area contributed by atoms with Crippen molar-refractivity contribution in [3.05, 3.63) is 51.8 Å². The van der Waals surface area contributed by atoms with E-state index < -0.39 is 34.4 Å². The lowest BCUT2D eigenvalue weighted by molar-refractivity contribution is 0.0472. The molecule has 0 radical (unpaired) electrons. The fourth-order valence-electron chi connectivity index (χ4n) is 3.53. The summed E-state index contributed by atoms with van der Waals surface area (Å²) in [5.74, 6) is -1.89. The molecule has 0 aliphatic rings. The number of ketones is 1. The number of aryl methyl sites for hydroxylation is 2. The summed E-state index contributed by atoms with van der Waals surface area (Å²) in [5, 5.41) is 0. The minimum atomic E-state index is -3.77. The second-order valence-corrected chi connectivity index (χ2v) is 9.32. The lowest BCUT2D eigenvalue weighted by atomic mass is 10.1. The summed E-state index contributed by atoms with van der Waals surface area (Å²) in [6, 6.07) is 4.24. The first kappa shape index (κ1) is 26.3. The van der Waals surface area contributed by atoms with E-state index in [0.29, 0.717) is 29.9 Å². The number of nitrogens with one attached hydrogen (secondary N) is 1. The molecule has 2 aromatic rings. The molecule has 33 heavy (non-hydrogen) atoms. The number of esters is 2. The Morgan fingerprint density at radius 3 is 2.18 bits per heavy atom. The van der Waals surface area contributed by atoms with Gasteiger partial charge in [0.2, 0.25) is 15.8 Å². The number of benzene rings is 1. The summed E-state index contributed by atoms with van der Waals surface area (Å²) in [5.41, 5.74) is 1.83. The van der Waals surface area contributed by atoms with Crippen LogP contribution in [0.5, 0.6) is 0 Å². The number of Topliss-reactive ketones (excluding diaryl/α,β-unsaturated/α-hetero) is 1. The summed E-state index contributed by atoms with van der Waals surface area (Å²) in [6.45, 7) is 10.3. The van der Waals surface area contributed by atoms with Crippen LogP contribution in [0.15, 0.2) is 23.1 Å². The second-order valence-electron chi connectivity index (χ2n) is 7.41. The first-order valence-electron chi connectivity index (χ1n) is 10.7. The van der Waals surface area contributed by atoms with Crippen LogP contribution in [0, 0.1) is 20.8 Å². The third kappa shape index (κ3) is 5.51. The van der Waals surface area contributed by atoms with Crippen molar-refractivity contribution in [3.63, 3.8) is 0 Å². The molecule has 0 fully saturated rings. The highest BCUT2D eigenvalue weighted by Gasteiger charge is 2.26. The van der Waals surface area contributed by atoms with E-state index in [4.69, 9.17) is 9.47 Å². The van der Waals surface area contributed by atoms with Gasteiger partial charge in [-0.1, -0.05) is 19.9 Å². The molecule has 1 N–H and O–H groups in total. The summed E-state index contributed by atoms with van der Waals surface area (Å²) in [6.07, 6.45) is 0. The zero-order chi connectivity index (χ0) is 24.9. The Hall–Kier alpha value is -2.98. The zero-order valence-corrected chi connectivity index (χ0v) is 20.6. The molecule has 1 aromatic carbocycles. The van der Waals surface area contributed by atoms with Crippen molar-refractivity contribution < 1.29 is 32.3 Å². The van der Waals surface area contributed by atoms with Crippen LogP contribution in [0.1, 0.15) is 68.8 Å². The standard InChI is InChI=1S/C23H30N2O7S/c1-7-25(8-2)33(29,30)19-12-17(11-10-14(19)4)22(27)32-13-18(26)21-15(5)20(16(6)24-21)23(28)31-9-3/h10-12,24H,7-9,13H2,1-6H3. The van der Waals surface area contributed by atoms with Crippen molar-refractivity contribution in [2.45, 2.75) is 46.4 Å². The molecule has 1 aromatic heterocycles. The first-order chi connectivity index (χ1) is 15.5. The monoisotopic (exact) mass is 478 g/mol. The van der Waals surface area contributed by atoms with Crippen LogP contribution in [-0.2, 0) is 19.5 Å². The van der Waals surface area contributed by atoms with Gasteiger partial charge in [0.1, 0.15) is 0 Å². The van der Waals surface area contributed by atoms with E-state index in [2.05, 4.69) is 4.98 Å². The number of H-pyrrole nitrogens is 1. The van der Waals surface area contributed by atoms with Gasteiger partial charge in [0.25, 0.3) is 0 Å². The van der Waals surface area contributed by atoms with E-state index in [1.165, 1.54) is 22.5 Å². The van der Waals surface area contributed by atoms with Crippen LogP contribution < -0.4 is 0 Å². The fourth-order valence-corrected chi connectivity index (χ4v) is 5.24. The van der Waals surface area contributed by atoms with E-state index in [-0.39, 0.29) is 28.3 Å². The number of hydrogen-bond donors (Lipinski definition) is 1. The predicted octanol–water partition coefficient (Wildman–Crippen LogP) is 3.19. The van der Waals surface area contributed by atoms with Crippen LogP contribution in [0.2, 0.25) is 0 Å². The Balaban J connectivity index is 2.22. The van der Waals surface area contributed by atoms with Gasteiger partial charge in [-0.05, 0) is 51.0 Å². The summed E-state index contributed by atoms with van der Waals surface area (Å²) in [4.78, 5) is 40.2. The quantitative estimate of drug-likeness (QED) is 0.411. The Kier molecular flexibility index (Phi) is 8.57. The molecular weight excluding hydrogens is 448 g/mol. The molecule has 0 spiro atoms. The number of aromatic amines is 1. The average Bonchev–Trinajstić information content (AvgIpc) is 3.06. The third-order valence-corrected chi connectivity index (χ3v) is 7.47. The molecule has 10 heteroatoms. The van der Waals surface area contributed by atoms with E-state index >= 15 is 0 Å². The van der Waals surface area contributed by atoms with Gasteiger partial charge in [0.15, 0.2) is 6.61 Å². The molecule has 1 heterocycles. The van der Waals surface area contributed by atoms with Gasteiger partial charge in [-0.25, -0.2) is 18.0 Å². The lowest BCUT2D eigenvalue weighted by Crippen LogP contribution is -2.31. The Bertz CT molecular complexity index is 1160. The molecule has 9 nitrogen and oxygen atoms in total. The molecule has 0 saturated heterocycles. The number of rotatable bonds is 10. The largest absolute Gasteiger partial charge is 0.462 e. The molecule has 180 valence electrons.